The highest BCUT2D eigenvalue weighted by Gasteiger charge is 2.25. The summed E-state index contributed by atoms with van der Waals surface area (Å²) in [5.74, 6) is 0.625. The molecule has 0 fully saturated rings. The molecule has 0 bridgehead atoms. The molecule has 11 aromatic rings. The van der Waals surface area contributed by atoms with Crippen molar-refractivity contribution >= 4 is 86.2 Å². The second kappa shape index (κ2) is 10.6. The fraction of sp³-hybridized carbons (Fsp3) is 0.0435. The molecule has 0 atom stereocenters. The van der Waals surface area contributed by atoms with Gasteiger partial charge in [-0.25, -0.2) is 9.97 Å². The summed E-state index contributed by atoms with van der Waals surface area (Å²) in [4.78, 5) is 10.9. The lowest BCUT2D eigenvalue weighted by molar-refractivity contribution is 0.666. The first-order valence-corrected chi connectivity index (χ1v) is 18.1. The van der Waals surface area contributed by atoms with Crippen molar-refractivity contribution in [3.05, 3.63) is 151 Å². The summed E-state index contributed by atoms with van der Waals surface area (Å²) >= 11 is 1.86. The first-order valence-electron chi connectivity index (χ1n) is 17.3. The molecule has 0 aliphatic carbocycles. The van der Waals surface area contributed by atoms with Gasteiger partial charge in [0.05, 0.1) is 11.0 Å². The second-order valence-electron chi connectivity index (χ2n) is 13.4. The molecule has 240 valence electrons. The van der Waals surface area contributed by atoms with E-state index >= 15 is 0 Å². The molecule has 4 nitrogen and oxygen atoms in total. The van der Waals surface area contributed by atoms with Crippen LogP contribution in [-0.4, -0.2) is 14.5 Å². The molecule has 0 unspecified atom stereocenters. The zero-order chi connectivity index (χ0) is 33.8. The predicted molar refractivity (Wildman–Crippen MR) is 214 cm³/mol. The van der Waals surface area contributed by atoms with Crippen LogP contribution in [0.15, 0.2) is 144 Å². The molecule has 0 aliphatic heterocycles. The van der Waals surface area contributed by atoms with E-state index in [1.165, 1.54) is 64.0 Å². The SMILES string of the molecule is Cc1ccccc1-c1cc(-c2nc(-n3c4ccccc4c4c5ccccc5c5sc6ccccc6c5c43)nc3c2oc2ccccc23)ccc1C. The van der Waals surface area contributed by atoms with Gasteiger partial charge in [-0.2, -0.15) is 0 Å². The van der Waals surface area contributed by atoms with Crippen LogP contribution in [0.5, 0.6) is 0 Å². The number of hydrogen-bond acceptors (Lipinski definition) is 4. The first kappa shape index (κ1) is 28.5. The van der Waals surface area contributed by atoms with Crippen LogP contribution >= 0.6 is 11.3 Å². The molecule has 4 heterocycles. The van der Waals surface area contributed by atoms with E-state index in [0.717, 1.165) is 38.8 Å². The Hall–Kier alpha value is -6.30. The summed E-state index contributed by atoms with van der Waals surface area (Å²) in [6.07, 6.45) is 0. The van der Waals surface area contributed by atoms with Crippen molar-refractivity contribution < 1.29 is 4.42 Å². The van der Waals surface area contributed by atoms with Gasteiger partial charge in [-0.1, -0.05) is 109 Å². The molecule has 0 spiro atoms. The summed E-state index contributed by atoms with van der Waals surface area (Å²) in [6.45, 7) is 4.34. The number of furan rings is 1. The number of benzene rings is 7. The van der Waals surface area contributed by atoms with Crippen molar-refractivity contribution in [1.82, 2.24) is 14.5 Å². The smallest absolute Gasteiger partial charge is 0.236 e. The molecule has 0 radical (unpaired) electrons. The largest absolute Gasteiger partial charge is 0.452 e. The third-order valence-electron chi connectivity index (χ3n) is 10.5. The van der Waals surface area contributed by atoms with Crippen molar-refractivity contribution in [3.8, 4) is 28.3 Å². The fourth-order valence-electron chi connectivity index (χ4n) is 8.14. The number of fused-ring (bicyclic) bond motifs is 13. The summed E-state index contributed by atoms with van der Waals surface area (Å²) in [6, 6.07) is 49.6. The Morgan fingerprint density at radius 1 is 0.569 bits per heavy atom. The predicted octanol–water partition coefficient (Wildman–Crippen LogP) is 12.9. The van der Waals surface area contributed by atoms with E-state index in [2.05, 4.69) is 146 Å². The van der Waals surface area contributed by atoms with Crippen molar-refractivity contribution in [2.24, 2.45) is 0 Å². The third kappa shape index (κ3) is 4.01. The van der Waals surface area contributed by atoms with Gasteiger partial charge in [0.2, 0.25) is 5.95 Å². The van der Waals surface area contributed by atoms with E-state index in [4.69, 9.17) is 14.4 Å². The number of hydrogen-bond donors (Lipinski definition) is 0. The van der Waals surface area contributed by atoms with Gasteiger partial charge in [0.15, 0.2) is 5.58 Å². The maximum absolute atomic E-state index is 6.63. The molecule has 4 aromatic heterocycles. The van der Waals surface area contributed by atoms with Gasteiger partial charge in [0.1, 0.15) is 16.8 Å². The third-order valence-corrected chi connectivity index (χ3v) is 11.7. The highest BCUT2D eigenvalue weighted by molar-refractivity contribution is 7.27. The van der Waals surface area contributed by atoms with Crippen molar-refractivity contribution in [3.63, 3.8) is 0 Å². The van der Waals surface area contributed by atoms with E-state index in [1.54, 1.807) is 0 Å². The van der Waals surface area contributed by atoms with Gasteiger partial charge in [0, 0.05) is 47.3 Å². The van der Waals surface area contributed by atoms with Crippen molar-refractivity contribution in [2.75, 3.05) is 0 Å². The number of aromatic nitrogens is 3. The van der Waals surface area contributed by atoms with Gasteiger partial charge in [-0.15, -0.1) is 11.3 Å². The Morgan fingerprint density at radius 2 is 1.25 bits per heavy atom. The fourth-order valence-corrected chi connectivity index (χ4v) is 9.38. The molecule has 11 rings (SSSR count). The molecular weight excluding hydrogens is 643 g/mol. The van der Waals surface area contributed by atoms with Gasteiger partial charge in [-0.3, -0.25) is 4.57 Å². The standard InChI is InChI=1S/C46H29N3OS/c1-26-13-3-4-14-29(26)35-25-28(24-23-27(35)2)41-44-42(33-18-8-11-21-37(33)50-44)48-46(47-41)49-36-20-10-7-17-32(36)39-30-15-5-6-16-31(30)45-40(43(39)49)34-19-9-12-22-38(34)51-45/h3-25H,1-2H3. The Balaban J connectivity index is 1.32. The summed E-state index contributed by atoms with van der Waals surface area (Å²) < 4.78 is 11.5. The van der Waals surface area contributed by atoms with Crippen molar-refractivity contribution in [1.29, 1.82) is 0 Å². The van der Waals surface area contributed by atoms with Gasteiger partial charge < -0.3 is 4.42 Å². The Morgan fingerprint density at radius 3 is 2.12 bits per heavy atom. The average molecular weight is 672 g/mol. The van der Waals surface area contributed by atoms with E-state index in [-0.39, 0.29) is 0 Å². The molecule has 51 heavy (non-hydrogen) atoms. The van der Waals surface area contributed by atoms with Crippen molar-refractivity contribution in [2.45, 2.75) is 13.8 Å². The molecule has 0 saturated heterocycles. The second-order valence-corrected chi connectivity index (χ2v) is 14.5. The lowest BCUT2D eigenvalue weighted by Crippen LogP contribution is -2.03. The lowest BCUT2D eigenvalue weighted by atomic mass is 9.94. The summed E-state index contributed by atoms with van der Waals surface area (Å²) in [5, 5.41) is 8.36. The van der Waals surface area contributed by atoms with Crippen LogP contribution in [0.1, 0.15) is 11.1 Å². The van der Waals surface area contributed by atoms with E-state index in [0.29, 0.717) is 11.5 Å². The van der Waals surface area contributed by atoms with Crippen LogP contribution in [0.2, 0.25) is 0 Å². The van der Waals surface area contributed by atoms with E-state index in [9.17, 15) is 0 Å². The van der Waals surface area contributed by atoms with E-state index in [1.807, 2.05) is 23.5 Å². The number of aryl methyl sites for hydroxylation is 2. The molecule has 5 heteroatoms. The average Bonchev–Trinajstić information content (AvgIpc) is 3.85. The monoisotopic (exact) mass is 671 g/mol. The molecular formula is C46H29N3OS. The molecule has 0 amide bonds. The maximum atomic E-state index is 6.63. The number of para-hydroxylation sites is 2. The Kier molecular flexibility index (Phi) is 5.93. The highest BCUT2D eigenvalue weighted by Crippen LogP contribution is 2.48. The van der Waals surface area contributed by atoms with Crippen LogP contribution in [0.25, 0.3) is 103 Å². The summed E-state index contributed by atoms with van der Waals surface area (Å²) in [7, 11) is 0. The maximum Gasteiger partial charge on any atom is 0.236 e. The zero-order valence-corrected chi connectivity index (χ0v) is 28.8. The van der Waals surface area contributed by atoms with Crippen LogP contribution in [-0.2, 0) is 0 Å². The van der Waals surface area contributed by atoms with Crippen LogP contribution < -0.4 is 0 Å². The molecule has 0 N–H and O–H groups in total. The minimum atomic E-state index is 0.625. The molecule has 7 aromatic carbocycles. The zero-order valence-electron chi connectivity index (χ0n) is 27.9. The number of rotatable bonds is 3. The Labute approximate surface area is 296 Å². The van der Waals surface area contributed by atoms with Crippen LogP contribution in [0, 0.1) is 13.8 Å². The molecule has 0 aliphatic rings. The quantitative estimate of drug-likeness (QED) is 0.188. The Bertz CT molecular complexity index is 3230. The summed E-state index contributed by atoms with van der Waals surface area (Å²) in [5.41, 5.74) is 11.1. The van der Waals surface area contributed by atoms with Crippen LogP contribution in [0.4, 0.5) is 0 Å². The topological polar surface area (TPSA) is 43.9 Å². The van der Waals surface area contributed by atoms with Gasteiger partial charge in [0.25, 0.3) is 0 Å². The highest BCUT2D eigenvalue weighted by atomic mass is 32.1. The van der Waals surface area contributed by atoms with E-state index < -0.39 is 0 Å². The molecule has 0 saturated carbocycles. The minimum absolute atomic E-state index is 0.625. The van der Waals surface area contributed by atoms with Gasteiger partial charge in [-0.05, 0) is 71.8 Å². The van der Waals surface area contributed by atoms with Gasteiger partial charge >= 0.3 is 0 Å². The number of nitrogens with zero attached hydrogens (tertiary/aromatic N) is 3. The van der Waals surface area contributed by atoms with Crippen LogP contribution in [0.3, 0.4) is 0 Å². The lowest BCUT2D eigenvalue weighted by Gasteiger charge is -2.13. The minimum Gasteiger partial charge on any atom is -0.452 e. The normalized spacial score (nSPS) is 12.1. The first-order chi connectivity index (χ1) is 25.1. The number of thiophene rings is 1.